The molecule has 4 heteroatoms. The molecule has 3 nitrogen and oxygen atoms in total. The zero-order valence-electron chi connectivity index (χ0n) is 10.9. The van der Waals surface area contributed by atoms with Crippen LogP contribution in [0.15, 0.2) is 18.2 Å². The first kappa shape index (κ1) is 14.6. The summed E-state index contributed by atoms with van der Waals surface area (Å²) in [5, 5.41) is 18.9. The number of aliphatic hydroxyl groups excluding tert-OH is 1. The first-order valence-electron chi connectivity index (χ1n) is 5.87. The molecule has 1 aromatic rings. The number of aliphatic carboxylic acids is 1. The number of halogens is 1. The van der Waals surface area contributed by atoms with Crippen LogP contribution in [0.4, 0.5) is 4.39 Å². The predicted molar refractivity (Wildman–Crippen MR) is 66.7 cm³/mol. The molecular weight excluding hydrogens is 235 g/mol. The van der Waals surface area contributed by atoms with Crippen LogP contribution in [0, 0.1) is 18.2 Å². The first-order chi connectivity index (χ1) is 8.21. The van der Waals surface area contributed by atoms with Gasteiger partial charge in [-0.15, -0.1) is 0 Å². The van der Waals surface area contributed by atoms with Gasteiger partial charge in [0, 0.05) is 0 Å². The fourth-order valence-electron chi connectivity index (χ4n) is 2.00. The Morgan fingerprint density at radius 1 is 1.44 bits per heavy atom. The lowest BCUT2D eigenvalue weighted by molar-refractivity contribution is -0.139. The second kappa shape index (κ2) is 5.48. The second-order valence-corrected chi connectivity index (χ2v) is 5.46. The predicted octanol–water partition coefficient (Wildman–Crippen LogP) is 3.06. The third kappa shape index (κ3) is 4.11. The van der Waals surface area contributed by atoms with Crippen LogP contribution < -0.4 is 0 Å². The van der Waals surface area contributed by atoms with Gasteiger partial charge in [0.2, 0.25) is 0 Å². The van der Waals surface area contributed by atoms with Gasteiger partial charge < -0.3 is 10.2 Å². The molecule has 0 bridgehead atoms. The van der Waals surface area contributed by atoms with Crippen molar-refractivity contribution in [2.24, 2.45) is 5.41 Å². The molecule has 0 radical (unpaired) electrons. The van der Waals surface area contributed by atoms with Crippen molar-refractivity contribution in [1.29, 1.82) is 0 Å². The zero-order chi connectivity index (χ0) is 13.9. The standard InChI is InChI=1S/C14H19FO3/c1-9-6-10(4-5-11(9)15)12(16)7-14(2,3)8-13(17)18/h4-6,12,16H,7-8H2,1-3H3,(H,17,18). The molecule has 0 amide bonds. The van der Waals surface area contributed by atoms with Crippen LogP contribution >= 0.6 is 0 Å². The summed E-state index contributed by atoms with van der Waals surface area (Å²) in [7, 11) is 0. The molecular formula is C14H19FO3. The summed E-state index contributed by atoms with van der Waals surface area (Å²) in [6.07, 6.45) is -0.465. The normalized spacial score (nSPS) is 13.4. The molecule has 0 aliphatic carbocycles. The summed E-state index contributed by atoms with van der Waals surface area (Å²) in [5.41, 5.74) is 0.586. The van der Waals surface area contributed by atoms with E-state index >= 15 is 0 Å². The Bertz CT molecular complexity index is 441. The molecule has 2 N–H and O–H groups in total. The van der Waals surface area contributed by atoms with Crippen molar-refractivity contribution in [1.82, 2.24) is 0 Å². The molecule has 0 aliphatic heterocycles. The molecule has 0 fully saturated rings. The van der Waals surface area contributed by atoms with E-state index in [0.717, 1.165) is 0 Å². The maximum Gasteiger partial charge on any atom is 0.303 e. The van der Waals surface area contributed by atoms with Gasteiger partial charge in [-0.1, -0.05) is 26.0 Å². The highest BCUT2D eigenvalue weighted by Gasteiger charge is 2.26. The van der Waals surface area contributed by atoms with Gasteiger partial charge in [-0.3, -0.25) is 4.79 Å². The minimum atomic E-state index is -0.887. The van der Waals surface area contributed by atoms with Gasteiger partial charge in [-0.25, -0.2) is 4.39 Å². The van der Waals surface area contributed by atoms with E-state index in [1.165, 1.54) is 12.1 Å². The maximum atomic E-state index is 13.1. The Hall–Kier alpha value is -1.42. The van der Waals surface area contributed by atoms with E-state index in [0.29, 0.717) is 17.5 Å². The fraction of sp³-hybridized carbons (Fsp3) is 0.500. The number of benzene rings is 1. The second-order valence-electron chi connectivity index (χ2n) is 5.46. The van der Waals surface area contributed by atoms with Gasteiger partial charge in [0.05, 0.1) is 12.5 Å². The Balaban J connectivity index is 2.78. The number of aryl methyl sites for hydroxylation is 1. The van der Waals surface area contributed by atoms with E-state index in [1.807, 2.05) is 0 Å². The molecule has 18 heavy (non-hydrogen) atoms. The molecule has 0 saturated heterocycles. The smallest absolute Gasteiger partial charge is 0.303 e. The SMILES string of the molecule is Cc1cc(C(O)CC(C)(C)CC(=O)O)ccc1F. The fourth-order valence-corrected chi connectivity index (χ4v) is 2.00. The number of aliphatic hydroxyl groups is 1. The number of carboxylic acids is 1. The first-order valence-corrected chi connectivity index (χ1v) is 5.87. The van der Waals surface area contributed by atoms with Crippen molar-refractivity contribution < 1.29 is 19.4 Å². The van der Waals surface area contributed by atoms with Gasteiger partial charge in [0.15, 0.2) is 0 Å². The summed E-state index contributed by atoms with van der Waals surface area (Å²) in [5.74, 6) is -1.20. The summed E-state index contributed by atoms with van der Waals surface area (Å²) in [4.78, 5) is 10.7. The Morgan fingerprint density at radius 3 is 2.56 bits per heavy atom. The Labute approximate surface area is 106 Å². The van der Waals surface area contributed by atoms with Gasteiger partial charge in [-0.05, 0) is 36.0 Å². The molecule has 0 saturated carbocycles. The summed E-state index contributed by atoms with van der Waals surface area (Å²) < 4.78 is 13.1. The van der Waals surface area contributed by atoms with Gasteiger partial charge in [0.25, 0.3) is 0 Å². The molecule has 0 spiro atoms. The number of hydrogen-bond donors (Lipinski definition) is 2. The molecule has 1 atom stereocenters. The van der Waals surface area contributed by atoms with Crippen LogP contribution in [-0.2, 0) is 4.79 Å². The summed E-state index contributed by atoms with van der Waals surface area (Å²) in [6, 6.07) is 4.44. The van der Waals surface area contributed by atoms with Crippen molar-refractivity contribution >= 4 is 5.97 Å². The molecule has 1 aromatic carbocycles. The monoisotopic (exact) mass is 254 g/mol. The van der Waals surface area contributed by atoms with Gasteiger partial charge in [0.1, 0.15) is 5.82 Å². The van der Waals surface area contributed by atoms with E-state index in [2.05, 4.69) is 0 Å². The molecule has 0 aliphatic rings. The highest BCUT2D eigenvalue weighted by molar-refractivity contribution is 5.67. The lowest BCUT2D eigenvalue weighted by Gasteiger charge is -2.25. The highest BCUT2D eigenvalue weighted by atomic mass is 19.1. The molecule has 1 unspecified atom stereocenters. The van der Waals surface area contributed by atoms with Crippen LogP contribution in [0.5, 0.6) is 0 Å². The van der Waals surface area contributed by atoms with Crippen LogP contribution in [0.1, 0.15) is 43.9 Å². The van der Waals surface area contributed by atoms with E-state index in [-0.39, 0.29) is 12.2 Å². The number of rotatable bonds is 5. The topological polar surface area (TPSA) is 57.5 Å². The summed E-state index contributed by atoms with van der Waals surface area (Å²) in [6.45, 7) is 5.22. The van der Waals surface area contributed by atoms with Crippen LogP contribution in [0.3, 0.4) is 0 Å². The average molecular weight is 254 g/mol. The van der Waals surface area contributed by atoms with Crippen molar-refractivity contribution in [3.63, 3.8) is 0 Å². The van der Waals surface area contributed by atoms with Crippen LogP contribution in [-0.4, -0.2) is 16.2 Å². The number of carbonyl (C=O) groups is 1. The number of carboxylic acid groups (broad SMARTS) is 1. The molecule has 0 aromatic heterocycles. The minimum Gasteiger partial charge on any atom is -0.481 e. The van der Waals surface area contributed by atoms with E-state index in [1.54, 1.807) is 26.8 Å². The van der Waals surface area contributed by atoms with Crippen molar-refractivity contribution in [3.8, 4) is 0 Å². The zero-order valence-corrected chi connectivity index (χ0v) is 10.9. The Morgan fingerprint density at radius 2 is 2.06 bits per heavy atom. The van der Waals surface area contributed by atoms with E-state index < -0.39 is 17.5 Å². The lowest BCUT2D eigenvalue weighted by Crippen LogP contribution is -2.20. The van der Waals surface area contributed by atoms with E-state index in [9.17, 15) is 14.3 Å². The Kier molecular flexibility index (Phi) is 4.46. The highest BCUT2D eigenvalue weighted by Crippen LogP contribution is 2.33. The van der Waals surface area contributed by atoms with Crippen molar-refractivity contribution in [2.45, 2.75) is 39.7 Å². The van der Waals surface area contributed by atoms with Crippen molar-refractivity contribution in [2.75, 3.05) is 0 Å². The summed E-state index contributed by atoms with van der Waals surface area (Å²) >= 11 is 0. The number of hydrogen-bond acceptors (Lipinski definition) is 2. The average Bonchev–Trinajstić information content (AvgIpc) is 2.19. The van der Waals surface area contributed by atoms with Gasteiger partial charge in [-0.2, -0.15) is 0 Å². The van der Waals surface area contributed by atoms with Crippen molar-refractivity contribution in [3.05, 3.63) is 35.1 Å². The minimum absolute atomic E-state index is 0.00969. The lowest BCUT2D eigenvalue weighted by atomic mass is 9.82. The quantitative estimate of drug-likeness (QED) is 0.849. The third-order valence-electron chi connectivity index (χ3n) is 2.94. The maximum absolute atomic E-state index is 13.1. The molecule has 100 valence electrons. The van der Waals surface area contributed by atoms with Crippen LogP contribution in [0.25, 0.3) is 0 Å². The van der Waals surface area contributed by atoms with Gasteiger partial charge >= 0.3 is 5.97 Å². The third-order valence-corrected chi connectivity index (χ3v) is 2.94. The van der Waals surface area contributed by atoms with Crippen LogP contribution in [0.2, 0.25) is 0 Å². The largest absolute Gasteiger partial charge is 0.481 e. The molecule has 0 heterocycles. The molecule has 1 rings (SSSR count). The van der Waals surface area contributed by atoms with E-state index in [4.69, 9.17) is 5.11 Å².